The van der Waals surface area contributed by atoms with Crippen molar-refractivity contribution in [2.75, 3.05) is 35.7 Å². The predicted molar refractivity (Wildman–Crippen MR) is 114 cm³/mol. The third-order valence-electron chi connectivity index (χ3n) is 4.78. The number of likely N-dealkylation sites (N-methyl/N-ethyl adjacent to an activating group) is 1. The van der Waals surface area contributed by atoms with Crippen LogP contribution in [0.4, 0.5) is 17.1 Å². The van der Waals surface area contributed by atoms with E-state index < -0.39 is 0 Å². The van der Waals surface area contributed by atoms with Crippen LogP contribution in [-0.2, 0) is 14.4 Å². The molecular formula is C22H26N4O3. The second kappa shape index (κ2) is 8.87. The normalized spacial score (nSPS) is 16.1. The summed E-state index contributed by atoms with van der Waals surface area (Å²) in [6.45, 7) is 3.98. The van der Waals surface area contributed by atoms with Crippen LogP contribution in [0, 0.1) is 6.92 Å². The van der Waals surface area contributed by atoms with Crippen LogP contribution in [0.3, 0.4) is 0 Å². The van der Waals surface area contributed by atoms with Crippen molar-refractivity contribution in [2.24, 2.45) is 0 Å². The first-order valence-corrected chi connectivity index (χ1v) is 9.59. The van der Waals surface area contributed by atoms with Gasteiger partial charge in [0.05, 0.1) is 24.5 Å². The molecule has 1 atom stereocenters. The molecule has 3 rings (SSSR count). The molecule has 0 saturated carbocycles. The summed E-state index contributed by atoms with van der Waals surface area (Å²) in [4.78, 5) is 40.7. The largest absolute Gasteiger partial charge is 0.325 e. The summed E-state index contributed by atoms with van der Waals surface area (Å²) in [5.41, 5.74) is 3.13. The molecule has 0 fully saturated rings. The third-order valence-corrected chi connectivity index (χ3v) is 4.78. The van der Waals surface area contributed by atoms with Crippen LogP contribution in [0.2, 0.25) is 0 Å². The van der Waals surface area contributed by atoms with Crippen molar-refractivity contribution in [1.29, 1.82) is 0 Å². The number of fused-ring (bicyclic) bond motifs is 1. The Kier molecular flexibility index (Phi) is 6.29. The minimum absolute atomic E-state index is 0.0637. The molecule has 0 saturated heterocycles. The van der Waals surface area contributed by atoms with Crippen LogP contribution in [0.15, 0.2) is 48.5 Å². The van der Waals surface area contributed by atoms with Gasteiger partial charge in [0, 0.05) is 18.2 Å². The van der Waals surface area contributed by atoms with Gasteiger partial charge >= 0.3 is 0 Å². The average molecular weight is 394 g/mol. The molecule has 2 aromatic rings. The van der Waals surface area contributed by atoms with Gasteiger partial charge in [0.25, 0.3) is 0 Å². The number of hydrogen-bond acceptors (Lipinski definition) is 4. The Balaban J connectivity index is 1.64. The number of amides is 3. The van der Waals surface area contributed by atoms with E-state index >= 15 is 0 Å². The standard InChI is InChI=1S/C22H26N4O3/c1-15-8-10-17(11-9-15)23-21(28)13-25(3)14-22(29)26-16(2)12-20(27)24-18-6-4-5-7-19(18)26/h4-11,16H,12-14H2,1-3H3,(H,23,28)(H,24,27)/t16-/m0/s1. The second-order valence-electron chi connectivity index (χ2n) is 7.47. The Hall–Kier alpha value is -3.19. The topological polar surface area (TPSA) is 81.8 Å². The van der Waals surface area contributed by atoms with E-state index in [0.29, 0.717) is 11.4 Å². The van der Waals surface area contributed by atoms with Crippen LogP contribution in [0.1, 0.15) is 18.9 Å². The zero-order valence-electron chi connectivity index (χ0n) is 16.9. The fraction of sp³-hybridized carbons (Fsp3) is 0.318. The lowest BCUT2D eigenvalue weighted by molar-refractivity contribution is -0.121. The van der Waals surface area contributed by atoms with Crippen molar-refractivity contribution < 1.29 is 14.4 Å². The molecule has 7 nitrogen and oxygen atoms in total. The fourth-order valence-corrected chi connectivity index (χ4v) is 3.41. The van der Waals surface area contributed by atoms with Crippen LogP contribution in [0.5, 0.6) is 0 Å². The SMILES string of the molecule is Cc1ccc(NC(=O)CN(C)CC(=O)N2c3ccccc3NC(=O)C[C@@H]2C)cc1. The average Bonchev–Trinajstić information content (AvgIpc) is 2.77. The Morgan fingerprint density at radius 3 is 2.55 bits per heavy atom. The minimum Gasteiger partial charge on any atom is -0.325 e. The van der Waals surface area contributed by atoms with Crippen molar-refractivity contribution in [3.05, 3.63) is 54.1 Å². The van der Waals surface area contributed by atoms with E-state index in [4.69, 9.17) is 0 Å². The zero-order valence-corrected chi connectivity index (χ0v) is 16.9. The first-order valence-electron chi connectivity index (χ1n) is 9.59. The number of carbonyl (C=O) groups is 3. The van der Waals surface area contributed by atoms with Gasteiger partial charge in [0.1, 0.15) is 0 Å². The molecule has 1 aliphatic heterocycles. The molecule has 0 unspecified atom stereocenters. The molecule has 0 bridgehead atoms. The monoisotopic (exact) mass is 394 g/mol. The Bertz CT molecular complexity index is 911. The summed E-state index contributed by atoms with van der Waals surface area (Å²) < 4.78 is 0. The molecule has 7 heteroatoms. The molecule has 152 valence electrons. The molecule has 1 aliphatic rings. The first kappa shape index (κ1) is 20.5. The van der Waals surface area contributed by atoms with E-state index in [-0.39, 0.29) is 43.3 Å². The van der Waals surface area contributed by atoms with Crippen molar-refractivity contribution in [2.45, 2.75) is 26.3 Å². The summed E-state index contributed by atoms with van der Waals surface area (Å²) in [7, 11) is 1.73. The number of hydrogen-bond donors (Lipinski definition) is 2. The van der Waals surface area contributed by atoms with Gasteiger partial charge in [-0.2, -0.15) is 0 Å². The molecule has 2 aromatic carbocycles. The molecule has 1 heterocycles. The summed E-state index contributed by atoms with van der Waals surface area (Å²) in [6, 6.07) is 14.5. The smallest absolute Gasteiger partial charge is 0.241 e. The van der Waals surface area contributed by atoms with E-state index in [1.807, 2.05) is 56.3 Å². The lowest BCUT2D eigenvalue weighted by atomic mass is 10.1. The van der Waals surface area contributed by atoms with Gasteiger partial charge in [0.15, 0.2) is 0 Å². The molecule has 0 aromatic heterocycles. The van der Waals surface area contributed by atoms with E-state index in [9.17, 15) is 14.4 Å². The highest BCUT2D eigenvalue weighted by Gasteiger charge is 2.30. The molecule has 2 N–H and O–H groups in total. The van der Waals surface area contributed by atoms with Crippen molar-refractivity contribution >= 4 is 34.8 Å². The molecular weight excluding hydrogens is 368 g/mol. The van der Waals surface area contributed by atoms with E-state index in [1.54, 1.807) is 22.9 Å². The van der Waals surface area contributed by atoms with Gasteiger partial charge in [-0.25, -0.2) is 0 Å². The van der Waals surface area contributed by atoms with E-state index in [2.05, 4.69) is 10.6 Å². The number of para-hydroxylation sites is 2. The highest BCUT2D eigenvalue weighted by molar-refractivity contribution is 6.05. The Morgan fingerprint density at radius 2 is 1.83 bits per heavy atom. The predicted octanol–water partition coefficient (Wildman–Crippen LogP) is 2.63. The van der Waals surface area contributed by atoms with Crippen LogP contribution in [0.25, 0.3) is 0 Å². The van der Waals surface area contributed by atoms with E-state index in [0.717, 1.165) is 11.3 Å². The van der Waals surface area contributed by atoms with Crippen LogP contribution < -0.4 is 15.5 Å². The number of nitrogens with one attached hydrogen (secondary N) is 2. The summed E-state index contributed by atoms with van der Waals surface area (Å²) in [5.74, 6) is -0.469. The van der Waals surface area contributed by atoms with Gasteiger partial charge in [0.2, 0.25) is 17.7 Å². The van der Waals surface area contributed by atoms with Crippen molar-refractivity contribution in [1.82, 2.24) is 4.90 Å². The summed E-state index contributed by atoms with van der Waals surface area (Å²) in [5, 5.41) is 5.68. The molecule has 3 amide bonds. The van der Waals surface area contributed by atoms with Gasteiger partial charge in [-0.05, 0) is 45.2 Å². The van der Waals surface area contributed by atoms with Gasteiger partial charge < -0.3 is 15.5 Å². The Labute approximate surface area is 170 Å². The van der Waals surface area contributed by atoms with Gasteiger partial charge in [-0.3, -0.25) is 19.3 Å². The van der Waals surface area contributed by atoms with Crippen LogP contribution >= 0.6 is 0 Å². The van der Waals surface area contributed by atoms with Gasteiger partial charge in [-0.1, -0.05) is 29.8 Å². The maximum Gasteiger partial charge on any atom is 0.241 e. The maximum absolute atomic E-state index is 13.0. The van der Waals surface area contributed by atoms with E-state index in [1.165, 1.54) is 0 Å². The molecule has 0 spiro atoms. The number of rotatable bonds is 5. The second-order valence-corrected chi connectivity index (χ2v) is 7.47. The lowest BCUT2D eigenvalue weighted by Crippen LogP contribution is -2.45. The highest BCUT2D eigenvalue weighted by atomic mass is 16.2. The number of anilines is 3. The number of carbonyl (C=O) groups excluding carboxylic acids is 3. The number of aryl methyl sites for hydroxylation is 1. The molecule has 0 radical (unpaired) electrons. The lowest BCUT2D eigenvalue weighted by Gasteiger charge is -2.29. The molecule has 29 heavy (non-hydrogen) atoms. The third kappa shape index (κ3) is 5.20. The first-order chi connectivity index (χ1) is 13.8. The van der Waals surface area contributed by atoms with Crippen LogP contribution in [-0.4, -0.2) is 48.8 Å². The Morgan fingerprint density at radius 1 is 1.14 bits per heavy atom. The van der Waals surface area contributed by atoms with Crippen molar-refractivity contribution in [3.63, 3.8) is 0 Å². The maximum atomic E-state index is 13.0. The zero-order chi connectivity index (χ0) is 21.0. The quantitative estimate of drug-likeness (QED) is 0.817. The minimum atomic E-state index is -0.277. The highest BCUT2D eigenvalue weighted by Crippen LogP contribution is 2.31. The summed E-state index contributed by atoms with van der Waals surface area (Å²) in [6.07, 6.45) is 0.220. The fourth-order valence-electron chi connectivity index (χ4n) is 3.41. The van der Waals surface area contributed by atoms with Crippen molar-refractivity contribution in [3.8, 4) is 0 Å². The number of benzene rings is 2. The molecule has 0 aliphatic carbocycles. The van der Waals surface area contributed by atoms with Gasteiger partial charge in [-0.15, -0.1) is 0 Å². The number of nitrogens with zero attached hydrogens (tertiary/aromatic N) is 2. The summed E-state index contributed by atoms with van der Waals surface area (Å²) >= 11 is 0.